The molecule has 3 rings (SSSR count). The van der Waals surface area contributed by atoms with Crippen LogP contribution in [0.5, 0.6) is 11.5 Å². The highest BCUT2D eigenvalue weighted by Gasteiger charge is 2.22. The van der Waals surface area contributed by atoms with E-state index in [9.17, 15) is 0 Å². The summed E-state index contributed by atoms with van der Waals surface area (Å²) in [7, 11) is 3.48. The summed E-state index contributed by atoms with van der Waals surface area (Å²) in [5.74, 6) is 4.26. The lowest BCUT2D eigenvalue weighted by Crippen LogP contribution is -2.16. The van der Waals surface area contributed by atoms with Gasteiger partial charge in [0.1, 0.15) is 11.9 Å². The Bertz CT molecular complexity index is 636. The third-order valence-corrected chi connectivity index (χ3v) is 4.78. The number of para-hydroxylation sites is 1. The normalized spacial score (nSPS) is 17.9. The number of ether oxygens (including phenoxy) is 2. The highest BCUT2D eigenvalue weighted by atomic mass is 32.2. The van der Waals surface area contributed by atoms with Crippen molar-refractivity contribution in [2.75, 3.05) is 24.3 Å². The second-order valence-electron chi connectivity index (χ2n) is 5.01. The third-order valence-electron chi connectivity index (χ3n) is 3.65. The summed E-state index contributed by atoms with van der Waals surface area (Å²) < 4.78 is 13.3. The highest BCUT2D eigenvalue weighted by molar-refractivity contribution is 7.99. The summed E-state index contributed by atoms with van der Waals surface area (Å²) in [5, 5.41) is 4.21. The minimum Gasteiger partial charge on any atom is -0.493 e. The molecule has 5 nitrogen and oxygen atoms in total. The van der Waals surface area contributed by atoms with E-state index in [0.29, 0.717) is 5.82 Å². The maximum Gasteiger partial charge on any atom is 0.169 e. The van der Waals surface area contributed by atoms with Crippen molar-refractivity contribution in [3.05, 3.63) is 24.4 Å². The Hall–Kier alpha value is -1.82. The first-order chi connectivity index (χ1) is 10.2. The van der Waals surface area contributed by atoms with E-state index in [2.05, 4.69) is 5.10 Å². The molecule has 1 saturated heterocycles. The highest BCUT2D eigenvalue weighted by Crippen LogP contribution is 2.41. The number of benzene rings is 1. The van der Waals surface area contributed by atoms with Gasteiger partial charge in [0.05, 0.1) is 13.3 Å². The molecule has 2 N–H and O–H groups in total. The molecule has 0 bridgehead atoms. The molecule has 0 spiro atoms. The number of hydrogen-bond acceptors (Lipinski definition) is 5. The van der Waals surface area contributed by atoms with E-state index >= 15 is 0 Å². The van der Waals surface area contributed by atoms with Gasteiger partial charge in [0.25, 0.3) is 0 Å². The maximum absolute atomic E-state index is 6.21. The molecule has 1 aromatic heterocycles. The van der Waals surface area contributed by atoms with Crippen LogP contribution in [-0.4, -0.2) is 34.5 Å². The lowest BCUT2D eigenvalue weighted by molar-refractivity contribution is 0.219. The zero-order valence-corrected chi connectivity index (χ0v) is 13.0. The van der Waals surface area contributed by atoms with Gasteiger partial charge in [-0.15, -0.1) is 0 Å². The van der Waals surface area contributed by atoms with Crippen LogP contribution in [0.15, 0.2) is 24.4 Å². The molecule has 112 valence electrons. The standard InChI is InChI=1S/C15H19N3O2S/c1-18-15(16)12(8-17-18)11-4-3-5-13(19-2)14(11)20-10-6-7-21-9-10/h3-5,8,10H,6-7,9,16H2,1-2H3. The van der Waals surface area contributed by atoms with Gasteiger partial charge in [-0.3, -0.25) is 4.68 Å². The fourth-order valence-electron chi connectivity index (χ4n) is 2.44. The molecule has 1 aromatic carbocycles. The molecule has 0 aliphatic carbocycles. The number of hydrogen-bond donors (Lipinski definition) is 1. The lowest BCUT2D eigenvalue weighted by atomic mass is 10.1. The number of rotatable bonds is 4. The Morgan fingerprint density at radius 2 is 2.24 bits per heavy atom. The van der Waals surface area contributed by atoms with E-state index in [1.807, 2.05) is 37.0 Å². The molecule has 1 atom stereocenters. The second-order valence-corrected chi connectivity index (χ2v) is 6.16. The van der Waals surface area contributed by atoms with Gasteiger partial charge in [-0.05, 0) is 18.2 Å². The van der Waals surface area contributed by atoms with E-state index in [0.717, 1.165) is 40.6 Å². The largest absolute Gasteiger partial charge is 0.493 e. The fourth-order valence-corrected chi connectivity index (χ4v) is 3.53. The average Bonchev–Trinajstić information content (AvgIpc) is 3.11. The second kappa shape index (κ2) is 5.89. The van der Waals surface area contributed by atoms with Gasteiger partial charge in [0.15, 0.2) is 11.5 Å². The van der Waals surface area contributed by atoms with Crippen LogP contribution in [0.3, 0.4) is 0 Å². The van der Waals surface area contributed by atoms with Gasteiger partial charge in [-0.1, -0.05) is 12.1 Å². The van der Waals surface area contributed by atoms with Crippen molar-refractivity contribution >= 4 is 17.6 Å². The molecule has 0 amide bonds. The Kier molecular flexibility index (Phi) is 3.96. The first kappa shape index (κ1) is 14.1. The van der Waals surface area contributed by atoms with Crippen molar-refractivity contribution in [2.24, 2.45) is 7.05 Å². The molecule has 1 fully saturated rings. The molecular weight excluding hydrogens is 286 g/mol. The molecule has 0 radical (unpaired) electrons. The van der Waals surface area contributed by atoms with Crippen LogP contribution in [0.25, 0.3) is 11.1 Å². The minimum absolute atomic E-state index is 0.225. The number of thioether (sulfide) groups is 1. The molecule has 2 heterocycles. The summed E-state index contributed by atoms with van der Waals surface area (Å²) in [6, 6.07) is 5.84. The fraction of sp³-hybridized carbons (Fsp3) is 0.400. The first-order valence-electron chi connectivity index (χ1n) is 6.90. The SMILES string of the molecule is COc1cccc(-c2cnn(C)c2N)c1OC1CCSC1. The number of nitrogen functional groups attached to an aromatic ring is 1. The van der Waals surface area contributed by atoms with Gasteiger partial charge in [0.2, 0.25) is 0 Å². The Morgan fingerprint density at radius 1 is 1.38 bits per heavy atom. The average molecular weight is 305 g/mol. The van der Waals surface area contributed by atoms with Crippen LogP contribution >= 0.6 is 11.8 Å². The van der Waals surface area contributed by atoms with Crippen molar-refractivity contribution in [1.29, 1.82) is 0 Å². The summed E-state index contributed by atoms with van der Waals surface area (Å²) in [4.78, 5) is 0. The van der Waals surface area contributed by atoms with Crippen molar-refractivity contribution in [1.82, 2.24) is 9.78 Å². The molecule has 6 heteroatoms. The predicted molar refractivity (Wildman–Crippen MR) is 86.0 cm³/mol. The molecule has 1 unspecified atom stereocenters. The molecular formula is C15H19N3O2S. The van der Waals surface area contributed by atoms with Crippen LogP contribution in [0.4, 0.5) is 5.82 Å². The molecule has 0 saturated carbocycles. The van der Waals surface area contributed by atoms with Gasteiger partial charge < -0.3 is 15.2 Å². The number of nitrogens with two attached hydrogens (primary N) is 1. The lowest BCUT2D eigenvalue weighted by Gasteiger charge is -2.18. The number of anilines is 1. The van der Waals surface area contributed by atoms with Gasteiger partial charge in [-0.2, -0.15) is 16.9 Å². The molecule has 1 aliphatic heterocycles. The van der Waals surface area contributed by atoms with Crippen LogP contribution in [0.1, 0.15) is 6.42 Å². The Morgan fingerprint density at radius 3 is 2.86 bits per heavy atom. The molecule has 2 aromatic rings. The van der Waals surface area contributed by atoms with E-state index in [1.54, 1.807) is 18.0 Å². The smallest absolute Gasteiger partial charge is 0.169 e. The molecule has 21 heavy (non-hydrogen) atoms. The topological polar surface area (TPSA) is 62.3 Å². The van der Waals surface area contributed by atoms with Crippen LogP contribution < -0.4 is 15.2 Å². The van der Waals surface area contributed by atoms with Gasteiger partial charge in [-0.25, -0.2) is 0 Å². The van der Waals surface area contributed by atoms with E-state index in [4.69, 9.17) is 15.2 Å². The van der Waals surface area contributed by atoms with E-state index in [-0.39, 0.29) is 6.10 Å². The van der Waals surface area contributed by atoms with Gasteiger partial charge in [0, 0.05) is 23.9 Å². The van der Waals surface area contributed by atoms with Crippen LogP contribution in [0.2, 0.25) is 0 Å². The summed E-state index contributed by atoms with van der Waals surface area (Å²) in [6.07, 6.45) is 3.05. The first-order valence-corrected chi connectivity index (χ1v) is 8.05. The quantitative estimate of drug-likeness (QED) is 0.940. The Balaban J connectivity index is 2.04. The monoisotopic (exact) mass is 305 g/mol. The van der Waals surface area contributed by atoms with E-state index in [1.165, 1.54) is 0 Å². The summed E-state index contributed by atoms with van der Waals surface area (Å²) in [6.45, 7) is 0. The minimum atomic E-state index is 0.225. The van der Waals surface area contributed by atoms with Gasteiger partial charge >= 0.3 is 0 Å². The summed E-state index contributed by atoms with van der Waals surface area (Å²) in [5.41, 5.74) is 7.90. The van der Waals surface area contributed by atoms with E-state index < -0.39 is 0 Å². The zero-order valence-electron chi connectivity index (χ0n) is 12.2. The van der Waals surface area contributed by atoms with Crippen molar-refractivity contribution in [3.63, 3.8) is 0 Å². The maximum atomic E-state index is 6.21. The van der Waals surface area contributed by atoms with Crippen molar-refractivity contribution in [2.45, 2.75) is 12.5 Å². The molecule has 1 aliphatic rings. The third kappa shape index (κ3) is 2.68. The zero-order chi connectivity index (χ0) is 14.8. The predicted octanol–water partition coefficient (Wildman–Crippen LogP) is 2.56. The van der Waals surface area contributed by atoms with Crippen LogP contribution in [-0.2, 0) is 7.05 Å². The number of aryl methyl sites for hydroxylation is 1. The summed E-state index contributed by atoms with van der Waals surface area (Å²) >= 11 is 1.92. The van der Waals surface area contributed by atoms with Crippen LogP contribution in [0, 0.1) is 0 Å². The number of nitrogens with zero attached hydrogens (tertiary/aromatic N) is 2. The van der Waals surface area contributed by atoms with Crippen molar-refractivity contribution in [3.8, 4) is 22.6 Å². The number of methoxy groups -OCH3 is 1. The van der Waals surface area contributed by atoms with Crippen molar-refractivity contribution < 1.29 is 9.47 Å². The number of aromatic nitrogens is 2. The Labute approximate surface area is 128 Å².